The summed E-state index contributed by atoms with van der Waals surface area (Å²) in [5.41, 5.74) is 0.0179. The van der Waals surface area contributed by atoms with E-state index in [1.54, 1.807) is 22.7 Å². The minimum Gasteiger partial charge on any atom is -0.356 e. The predicted molar refractivity (Wildman–Crippen MR) is 112 cm³/mol. The molecule has 0 amide bonds. The molecule has 1 aliphatic rings. The Bertz CT molecular complexity index is 630. The van der Waals surface area contributed by atoms with E-state index in [1.165, 1.54) is 4.88 Å². The lowest BCUT2D eigenvalue weighted by Gasteiger charge is -2.25. The first-order chi connectivity index (χ1) is 10.8. The highest BCUT2D eigenvalue weighted by Gasteiger charge is 2.27. The fourth-order valence-electron chi connectivity index (χ4n) is 2.52. The van der Waals surface area contributed by atoms with Crippen molar-refractivity contribution in [1.29, 1.82) is 0 Å². The third-order valence-electron chi connectivity index (χ3n) is 3.97. The van der Waals surface area contributed by atoms with Gasteiger partial charge in [-0.15, -0.1) is 35.3 Å². The maximum Gasteiger partial charge on any atom is 0.214 e. The molecule has 9 heteroatoms. The zero-order chi connectivity index (χ0) is 16.9. The number of nitrogens with zero attached hydrogens (tertiary/aromatic N) is 2. The Labute approximate surface area is 166 Å². The highest BCUT2D eigenvalue weighted by Crippen LogP contribution is 2.26. The van der Waals surface area contributed by atoms with Crippen LogP contribution in [-0.2, 0) is 15.4 Å². The van der Waals surface area contributed by atoms with Gasteiger partial charge in [-0.1, -0.05) is 19.9 Å². The molecule has 0 atom stereocenters. The van der Waals surface area contributed by atoms with E-state index >= 15 is 0 Å². The monoisotopic (exact) mass is 486 g/mol. The number of guanidine groups is 1. The Morgan fingerprint density at radius 2 is 2.17 bits per heavy atom. The lowest BCUT2D eigenvalue weighted by Crippen LogP contribution is -2.45. The van der Waals surface area contributed by atoms with E-state index in [2.05, 4.69) is 47.0 Å². The van der Waals surface area contributed by atoms with Gasteiger partial charge in [-0.25, -0.2) is 12.7 Å². The second-order valence-electron chi connectivity index (χ2n) is 6.28. The second-order valence-corrected chi connectivity index (χ2v) is 9.32. The number of aliphatic imine (C=N–C) groups is 1. The van der Waals surface area contributed by atoms with Gasteiger partial charge in [-0.2, -0.15) is 0 Å². The van der Waals surface area contributed by atoms with Crippen LogP contribution in [0.3, 0.4) is 0 Å². The Morgan fingerprint density at radius 3 is 2.71 bits per heavy atom. The molecular formula is C15H27IN4O2S2. The molecule has 6 nitrogen and oxygen atoms in total. The molecule has 1 fully saturated rings. The van der Waals surface area contributed by atoms with Crippen molar-refractivity contribution in [3.05, 3.63) is 22.4 Å². The molecule has 0 unspecified atom stereocenters. The number of hydrogen-bond acceptors (Lipinski definition) is 4. The fraction of sp³-hybridized carbons (Fsp3) is 0.667. The zero-order valence-corrected chi connectivity index (χ0v) is 18.4. The van der Waals surface area contributed by atoms with Gasteiger partial charge in [0.05, 0.1) is 5.75 Å². The summed E-state index contributed by atoms with van der Waals surface area (Å²) in [4.78, 5) is 5.53. The van der Waals surface area contributed by atoms with Gasteiger partial charge in [-0.05, 0) is 17.9 Å². The summed E-state index contributed by atoms with van der Waals surface area (Å²) in [6.07, 6.45) is 0.726. The van der Waals surface area contributed by atoms with Crippen molar-refractivity contribution in [3.63, 3.8) is 0 Å². The summed E-state index contributed by atoms with van der Waals surface area (Å²) < 4.78 is 25.0. The molecule has 138 valence electrons. The van der Waals surface area contributed by atoms with E-state index < -0.39 is 10.0 Å². The summed E-state index contributed by atoms with van der Waals surface area (Å²) in [6, 6.07) is 4.20. The second kappa shape index (κ2) is 9.35. The molecular weight excluding hydrogens is 459 g/mol. The van der Waals surface area contributed by atoms with E-state index in [-0.39, 0.29) is 35.1 Å². The van der Waals surface area contributed by atoms with Crippen LogP contribution in [0.2, 0.25) is 0 Å². The van der Waals surface area contributed by atoms with Gasteiger partial charge < -0.3 is 10.6 Å². The van der Waals surface area contributed by atoms with E-state index in [9.17, 15) is 8.42 Å². The Balaban J connectivity index is 0.00000288. The van der Waals surface area contributed by atoms with Crippen LogP contribution in [0.1, 0.15) is 25.1 Å². The molecule has 0 aromatic carbocycles. The van der Waals surface area contributed by atoms with Gasteiger partial charge in [0.2, 0.25) is 10.0 Å². The SMILES string of the molecule is CN=C(NCCN1CCCS1(=O)=O)NCC(C)(C)c1cccs1.I. The highest BCUT2D eigenvalue weighted by molar-refractivity contribution is 14.0. The highest BCUT2D eigenvalue weighted by atomic mass is 127. The van der Waals surface area contributed by atoms with Crippen LogP contribution >= 0.6 is 35.3 Å². The van der Waals surface area contributed by atoms with Crippen LogP contribution in [0.15, 0.2) is 22.5 Å². The Morgan fingerprint density at radius 1 is 1.42 bits per heavy atom. The molecule has 2 heterocycles. The summed E-state index contributed by atoms with van der Waals surface area (Å²) in [5.74, 6) is 0.973. The van der Waals surface area contributed by atoms with Gasteiger partial charge in [0.1, 0.15) is 0 Å². The minimum absolute atomic E-state index is 0. The largest absolute Gasteiger partial charge is 0.356 e. The first-order valence-corrected chi connectivity index (χ1v) is 10.3. The molecule has 0 saturated carbocycles. The molecule has 2 rings (SSSR count). The van der Waals surface area contributed by atoms with Gasteiger partial charge in [0.25, 0.3) is 0 Å². The molecule has 1 saturated heterocycles. The van der Waals surface area contributed by atoms with E-state index in [0.29, 0.717) is 25.6 Å². The van der Waals surface area contributed by atoms with E-state index in [0.717, 1.165) is 13.0 Å². The van der Waals surface area contributed by atoms with Crippen LogP contribution < -0.4 is 10.6 Å². The van der Waals surface area contributed by atoms with Crippen molar-refractivity contribution in [3.8, 4) is 0 Å². The first-order valence-electron chi connectivity index (χ1n) is 7.81. The van der Waals surface area contributed by atoms with Gasteiger partial charge in [0.15, 0.2) is 5.96 Å². The molecule has 1 aliphatic heterocycles. The molecule has 1 aromatic heterocycles. The number of rotatable bonds is 6. The van der Waals surface area contributed by atoms with Crippen LogP contribution in [0.5, 0.6) is 0 Å². The number of nitrogens with one attached hydrogen (secondary N) is 2. The molecule has 0 radical (unpaired) electrons. The van der Waals surface area contributed by atoms with Crippen LogP contribution in [0.4, 0.5) is 0 Å². The summed E-state index contributed by atoms with van der Waals surface area (Å²) >= 11 is 1.75. The number of halogens is 1. The molecule has 0 bridgehead atoms. The van der Waals surface area contributed by atoms with E-state index in [1.807, 2.05) is 0 Å². The van der Waals surface area contributed by atoms with Gasteiger partial charge in [-0.3, -0.25) is 4.99 Å². The Hall–Kier alpha value is -0.390. The van der Waals surface area contributed by atoms with Crippen molar-refractivity contribution >= 4 is 51.3 Å². The quantitative estimate of drug-likeness (QED) is 0.366. The molecule has 1 aromatic rings. The average Bonchev–Trinajstić information content (AvgIpc) is 3.13. The predicted octanol–water partition coefficient (Wildman–Crippen LogP) is 1.84. The normalized spacial score (nSPS) is 18.2. The standard InChI is InChI=1S/C15H26N4O2S2.HI/c1-15(2,13-6-4-10-22-13)12-18-14(16-3)17-7-9-19-8-5-11-23(19,20)21;/h4,6,10H,5,7-9,11-12H2,1-3H3,(H2,16,17,18);1H. The topological polar surface area (TPSA) is 73.8 Å². The van der Waals surface area contributed by atoms with Crippen LogP contribution in [0.25, 0.3) is 0 Å². The number of hydrogen-bond donors (Lipinski definition) is 2. The summed E-state index contributed by atoms with van der Waals surface area (Å²) in [6.45, 7) is 6.80. The van der Waals surface area contributed by atoms with Crippen molar-refractivity contribution in [2.45, 2.75) is 25.7 Å². The number of thiophene rings is 1. The molecule has 24 heavy (non-hydrogen) atoms. The average molecular weight is 486 g/mol. The van der Waals surface area contributed by atoms with Gasteiger partial charge in [0, 0.05) is 43.5 Å². The maximum absolute atomic E-state index is 11.7. The third kappa shape index (κ3) is 5.85. The summed E-state index contributed by atoms with van der Waals surface area (Å²) in [5, 5.41) is 8.59. The smallest absolute Gasteiger partial charge is 0.214 e. The lowest BCUT2D eigenvalue weighted by atomic mass is 9.91. The third-order valence-corrected chi connectivity index (χ3v) is 7.16. The van der Waals surface area contributed by atoms with Crippen molar-refractivity contribution in [1.82, 2.24) is 14.9 Å². The van der Waals surface area contributed by atoms with Crippen molar-refractivity contribution < 1.29 is 8.42 Å². The van der Waals surface area contributed by atoms with Gasteiger partial charge >= 0.3 is 0 Å². The zero-order valence-electron chi connectivity index (χ0n) is 14.4. The summed E-state index contributed by atoms with van der Waals surface area (Å²) in [7, 11) is -1.30. The van der Waals surface area contributed by atoms with Crippen LogP contribution in [-0.4, -0.2) is 57.7 Å². The Kier molecular flexibility index (Phi) is 8.43. The first kappa shape index (κ1) is 21.7. The molecule has 2 N–H and O–H groups in total. The maximum atomic E-state index is 11.7. The van der Waals surface area contributed by atoms with Crippen molar-refractivity contribution in [2.24, 2.45) is 4.99 Å². The van der Waals surface area contributed by atoms with E-state index in [4.69, 9.17) is 0 Å². The molecule has 0 aliphatic carbocycles. The minimum atomic E-state index is -3.02. The lowest BCUT2D eigenvalue weighted by molar-refractivity contribution is 0.444. The number of sulfonamides is 1. The fourth-order valence-corrected chi connectivity index (χ4v) is 4.90. The molecule has 0 spiro atoms. The van der Waals surface area contributed by atoms with Crippen LogP contribution in [0, 0.1) is 0 Å². The van der Waals surface area contributed by atoms with Crippen molar-refractivity contribution in [2.75, 3.05) is 39.0 Å².